The molecule has 0 amide bonds. The molecule has 0 unspecified atom stereocenters. The van der Waals surface area contributed by atoms with Crippen molar-refractivity contribution in [1.82, 2.24) is 0 Å². The molecule has 1 rings (SSSR count). The third-order valence-electron chi connectivity index (χ3n) is 1.29. The summed E-state index contributed by atoms with van der Waals surface area (Å²) in [5.41, 5.74) is 1.09. The van der Waals surface area contributed by atoms with Crippen molar-refractivity contribution in [1.29, 1.82) is 0 Å². The Hall–Kier alpha value is -0.470. The van der Waals surface area contributed by atoms with Crippen molar-refractivity contribution in [3.8, 4) is 0 Å². The van der Waals surface area contributed by atoms with Crippen molar-refractivity contribution in [2.75, 3.05) is 6.07 Å². The maximum Gasteiger partial charge on any atom is 0.161 e. The van der Waals surface area contributed by atoms with Crippen LogP contribution in [0.3, 0.4) is 0 Å². The summed E-state index contributed by atoms with van der Waals surface area (Å²) in [6.07, 6.45) is 3.44. The first-order valence-electron chi connectivity index (χ1n) is 3.42. The number of benzene rings is 1. The summed E-state index contributed by atoms with van der Waals surface area (Å²) in [6.45, 7) is 0. The van der Waals surface area contributed by atoms with Gasteiger partial charge in [-0.1, -0.05) is 39.7 Å². The van der Waals surface area contributed by atoms with Crippen molar-refractivity contribution in [3.05, 3.63) is 40.6 Å². The second kappa shape index (κ2) is 5.22. The van der Waals surface area contributed by atoms with Gasteiger partial charge < -0.3 is 4.74 Å². The molecule has 0 saturated heterocycles. The molecule has 0 saturated carbocycles. The highest BCUT2D eigenvalue weighted by Crippen LogP contribution is 2.11. The van der Waals surface area contributed by atoms with Gasteiger partial charge in [0.2, 0.25) is 0 Å². The number of ether oxygens (including phenoxy) is 1. The lowest BCUT2D eigenvalue weighted by Gasteiger charge is -1.93. The lowest BCUT2D eigenvalue weighted by atomic mass is 10.2. The highest BCUT2D eigenvalue weighted by molar-refractivity contribution is 9.10. The van der Waals surface area contributed by atoms with Crippen molar-refractivity contribution in [2.45, 2.75) is 0 Å². The zero-order chi connectivity index (χ0) is 8.81. The summed E-state index contributed by atoms with van der Waals surface area (Å²) >= 11 is 8.66. The molecule has 64 valence electrons. The number of hydrogen-bond acceptors (Lipinski definition) is 1. The monoisotopic (exact) mass is 246 g/mol. The average Bonchev–Trinajstić information content (AvgIpc) is 2.09. The Morgan fingerprint density at radius 2 is 2.00 bits per heavy atom. The van der Waals surface area contributed by atoms with Crippen LogP contribution >= 0.6 is 27.5 Å². The van der Waals surface area contributed by atoms with Gasteiger partial charge in [-0.05, 0) is 23.8 Å². The highest BCUT2D eigenvalue weighted by atomic mass is 79.9. The zero-order valence-corrected chi connectivity index (χ0v) is 8.68. The molecule has 0 aliphatic heterocycles. The Morgan fingerprint density at radius 3 is 2.58 bits per heavy atom. The largest absolute Gasteiger partial charge is 0.486 e. The molecule has 0 aliphatic carbocycles. The van der Waals surface area contributed by atoms with Crippen LogP contribution in [0.4, 0.5) is 0 Å². The summed E-state index contributed by atoms with van der Waals surface area (Å²) in [5.74, 6) is 0. The molecule has 0 N–H and O–H groups in total. The average molecular weight is 248 g/mol. The molecule has 1 aromatic carbocycles. The van der Waals surface area contributed by atoms with Gasteiger partial charge in [0.1, 0.15) is 0 Å². The fourth-order valence-electron chi connectivity index (χ4n) is 0.737. The van der Waals surface area contributed by atoms with E-state index in [0.29, 0.717) is 0 Å². The van der Waals surface area contributed by atoms with Gasteiger partial charge in [0.25, 0.3) is 0 Å². The highest BCUT2D eigenvalue weighted by Gasteiger charge is 1.86. The zero-order valence-electron chi connectivity index (χ0n) is 6.34. The van der Waals surface area contributed by atoms with E-state index in [9.17, 15) is 0 Å². The first kappa shape index (κ1) is 9.62. The molecule has 1 nitrogen and oxygen atoms in total. The maximum absolute atomic E-state index is 5.31. The minimum absolute atomic E-state index is 0.188. The maximum atomic E-state index is 5.31. The molecule has 3 heteroatoms. The van der Waals surface area contributed by atoms with E-state index >= 15 is 0 Å². The standard InChI is InChI=1S/C9H8BrClO/c10-9-3-1-8(2-4-9)5-6-12-7-11/h1-6H,7H2. The fourth-order valence-corrected chi connectivity index (χ4v) is 1.07. The molecular formula is C9H8BrClO. The normalized spacial score (nSPS) is 10.5. The first-order chi connectivity index (χ1) is 5.83. The number of alkyl halides is 1. The molecule has 1 aromatic rings. The molecule has 0 spiro atoms. The van der Waals surface area contributed by atoms with Crippen molar-refractivity contribution in [3.63, 3.8) is 0 Å². The summed E-state index contributed by atoms with van der Waals surface area (Å²) in [6, 6.07) is 8.10. The Bertz CT molecular complexity index is 256. The third-order valence-corrected chi connectivity index (χ3v) is 1.94. The Kier molecular flexibility index (Phi) is 4.19. The fraction of sp³-hybridized carbons (Fsp3) is 0.111. The van der Waals surface area contributed by atoms with E-state index in [1.807, 2.05) is 30.3 Å². The molecule has 0 aromatic heterocycles. The van der Waals surface area contributed by atoms with Crippen molar-refractivity contribution >= 4 is 33.6 Å². The van der Waals surface area contributed by atoms with Crippen LogP contribution in [0.5, 0.6) is 0 Å². The quantitative estimate of drug-likeness (QED) is 0.585. The Morgan fingerprint density at radius 1 is 1.33 bits per heavy atom. The smallest absolute Gasteiger partial charge is 0.161 e. The molecule has 12 heavy (non-hydrogen) atoms. The molecule has 0 bridgehead atoms. The third kappa shape index (κ3) is 3.28. The van der Waals surface area contributed by atoms with Crippen LogP contribution < -0.4 is 0 Å². The van der Waals surface area contributed by atoms with Gasteiger partial charge in [0.05, 0.1) is 6.26 Å². The molecule has 0 radical (unpaired) electrons. The Balaban J connectivity index is 2.58. The molecule has 0 fully saturated rings. The summed E-state index contributed by atoms with van der Waals surface area (Å²) in [5, 5.41) is 0. The molecule has 0 aliphatic rings. The number of hydrogen-bond donors (Lipinski definition) is 0. The van der Waals surface area contributed by atoms with Crippen molar-refractivity contribution in [2.24, 2.45) is 0 Å². The summed E-state index contributed by atoms with van der Waals surface area (Å²) < 4.78 is 5.91. The topological polar surface area (TPSA) is 9.23 Å². The van der Waals surface area contributed by atoms with Crippen LogP contribution in [0.1, 0.15) is 5.56 Å². The first-order valence-corrected chi connectivity index (χ1v) is 4.75. The lowest BCUT2D eigenvalue weighted by Crippen LogP contribution is -1.74. The van der Waals surface area contributed by atoms with Crippen LogP contribution in [0.15, 0.2) is 35.0 Å². The van der Waals surface area contributed by atoms with E-state index in [0.717, 1.165) is 10.0 Å². The van der Waals surface area contributed by atoms with Gasteiger partial charge in [-0.25, -0.2) is 0 Å². The molecule has 0 heterocycles. The van der Waals surface area contributed by atoms with Crippen LogP contribution in [-0.2, 0) is 4.74 Å². The minimum atomic E-state index is 0.188. The predicted molar refractivity (Wildman–Crippen MR) is 55.0 cm³/mol. The summed E-state index contributed by atoms with van der Waals surface area (Å²) in [7, 11) is 0. The van der Waals surface area contributed by atoms with Gasteiger partial charge in [-0.15, -0.1) is 0 Å². The molecule has 0 atom stereocenters. The van der Waals surface area contributed by atoms with Crippen LogP contribution in [0.25, 0.3) is 6.08 Å². The minimum Gasteiger partial charge on any atom is -0.486 e. The van der Waals surface area contributed by atoms with Crippen LogP contribution in [0.2, 0.25) is 0 Å². The van der Waals surface area contributed by atoms with Crippen LogP contribution in [-0.4, -0.2) is 6.07 Å². The van der Waals surface area contributed by atoms with Gasteiger partial charge in [-0.3, -0.25) is 0 Å². The Labute approximate surface area is 85.1 Å². The van der Waals surface area contributed by atoms with Gasteiger partial charge >= 0.3 is 0 Å². The lowest BCUT2D eigenvalue weighted by molar-refractivity contribution is 0.316. The van der Waals surface area contributed by atoms with Crippen LogP contribution in [0, 0.1) is 0 Å². The molecular weight excluding hydrogens is 239 g/mol. The predicted octanol–water partition coefficient (Wildman–Crippen LogP) is 3.63. The number of halogens is 2. The number of rotatable bonds is 3. The van der Waals surface area contributed by atoms with E-state index in [4.69, 9.17) is 16.3 Å². The SMILES string of the molecule is ClCOC=Cc1ccc(Br)cc1. The van der Waals surface area contributed by atoms with Crippen molar-refractivity contribution < 1.29 is 4.74 Å². The van der Waals surface area contributed by atoms with E-state index < -0.39 is 0 Å². The van der Waals surface area contributed by atoms with Gasteiger partial charge in [-0.2, -0.15) is 0 Å². The van der Waals surface area contributed by atoms with E-state index in [1.54, 1.807) is 6.26 Å². The van der Waals surface area contributed by atoms with E-state index in [-0.39, 0.29) is 6.07 Å². The second-order valence-electron chi connectivity index (χ2n) is 2.13. The van der Waals surface area contributed by atoms with E-state index in [1.165, 1.54) is 0 Å². The van der Waals surface area contributed by atoms with E-state index in [2.05, 4.69) is 15.9 Å². The second-order valence-corrected chi connectivity index (χ2v) is 3.26. The van der Waals surface area contributed by atoms with Gasteiger partial charge in [0, 0.05) is 4.47 Å². The van der Waals surface area contributed by atoms with Gasteiger partial charge in [0.15, 0.2) is 6.07 Å². The summed E-state index contributed by atoms with van der Waals surface area (Å²) in [4.78, 5) is 0.